The maximum Gasteiger partial charge on any atom is 0.255 e. The summed E-state index contributed by atoms with van der Waals surface area (Å²) in [5, 5.41) is 22.9. The van der Waals surface area contributed by atoms with Gasteiger partial charge in [-0.25, -0.2) is 0 Å². The number of carbonyl (C=O) groups excluding carboxylic acids is 1. The lowest BCUT2D eigenvalue weighted by atomic mass is 10.0. The number of carbonyl (C=O) groups is 1. The van der Waals surface area contributed by atoms with E-state index in [1.165, 1.54) is 0 Å². The van der Waals surface area contributed by atoms with Crippen molar-refractivity contribution in [3.05, 3.63) is 28.8 Å². The summed E-state index contributed by atoms with van der Waals surface area (Å²) >= 11 is 0. The number of hydrogen-bond acceptors (Lipinski definition) is 3. The van der Waals surface area contributed by atoms with Crippen LogP contribution in [0, 0.1) is 13.8 Å². The molecule has 4 nitrogen and oxygen atoms in total. The minimum Gasteiger partial charge on any atom is -0.507 e. The Bertz CT molecular complexity index is 490. The highest BCUT2D eigenvalue weighted by atomic mass is 16.3. The summed E-state index contributed by atoms with van der Waals surface area (Å²) in [6.07, 6.45) is 3.46. The molecule has 1 aliphatic rings. The summed E-state index contributed by atoms with van der Waals surface area (Å²) in [7, 11) is 0. The van der Waals surface area contributed by atoms with E-state index < -0.39 is 5.60 Å². The standard InChI is InChI=1S/C15H21NO3/c1-10-5-6-12(13(17)11(10)2)14(18)16-9-15(19)7-3-4-8-15/h5-6,17,19H,3-4,7-9H2,1-2H3,(H,16,18). The van der Waals surface area contributed by atoms with Crippen LogP contribution in [0.2, 0.25) is 0 Å². The number of aliphatic hydroxyl groups is 1. The molecule has 0 radical (unpaired) electrons. The normalized spacial score (nSPS) is 17.4. The molecule has 1 amide bonds. The SMILES string of the molecule is Cc1ccc(C(=O)NCC2(O)CCCC2)c(O)c1C. The summed E-state index contributed by atoms with van der Waals surface area (Å²) in [6.45, 7) is 3.92. The zero-order chi connectivity index (χ0) is 14.0. The summed E-state index contributed by atoms with van der Waals surface area (Å²) in [4.78, 5) is 12.0. The Morgan fingerprint density at radius 1 is 1.32 bits per heavy atom. The van der Waals surface area contributed by atoms with E-state index in [2.05, 4.69) is 5.32 Å². The van der Waals surface area contributed by atoms with Crippen molar-refractivity contribution in [3.8, 4) is 5.75 Å². The molecule has 1 aromatic rings. The van der Waals surface area contributed by atoms with Gasteiger partial charge in [0, 0.05) is 6.54 Å². The molecule has 0 atom stereocenters. The second-order valence-corrected chi connectivity index (χ2v) is 5.52. The molecule has 4 heteroatoms. The molecule has 0 spiro atoms. The van der Waals surface area contributed by atoms with E-state index in [0.29, 0.717) is 5.56 Å². The van der Waals surface area contributed by atoms with E-state index in [-0.39, 0.29) is 23.8 Å². The molecule has 1 aliphatic carbocycles. The lowest BCUT2D eigenvalue weighted by Crippen LogP contribution is -2.40. The van der Waals surface area contributed by atoms with Gasteiger partial charge >= 0.3 is 0 Å². The average Bonchev–Trinajstić information content (AvgIpc) is 2.81. The molecule has 0 aliphatic heterocycles. The van der Waals surface area contributed by atoms with Crippen molar-refractivity contribution >= 4 is 5.91 Å². The van der Waals surface area contributed by atoms with Gasteiger partial charge in [0.05, 0.1) is 11.2 Å². The van der Waals surface area contributed by atoms with Crippen LogP contribution < -0.4 is 5.32 Å². The van der Waals surface area contributed by atoms with E-state index in [1.54, 1.807) is 13.0 Å². The van der Waals surface area contributed by atoms with Crippen molar-refractivity contribution in [2.75, 3.05) is 6.54 Å². The topological polar surface area (TPSA) is 69.6 Å². The Kier molecular flexibility index (Phi) is 3.80. The molecular weight excluding hydrogens is 242 g/mol. The van der Waals surface area contributed by atoms with E-state index in [1.807, 2.05) is 13.0 Å². The third kappa shape index (κ3) is 2.89. The average molecular weight is 263 g/mol. The van der Waals surface area contributed by atoms with E-state index >= 15 is 0 Å². The number of rotatable bonds is 3. The molecule has 2 rings (SSSR count). The lowest BCUT2D eigenvalue weighted by molar-refractivity contribution is 0.0449. The van der Waals surface area contributed by atoms with E-state index in [0.717, 1.165) is 31.2 Å². The monoisotopic (exact) mass is 263 g/mol. The van der Waals surface area contributed by atoms with Gasteiger partial charge in [-0.15, -0.1) is 0 Å². The lowest BCUT2D eigenvalue weighted by Gasteiger charge is -2.22. The maximum atomic E-state index is 12.0. The Hall–Kier alpha value is -1.55. The van der Waals surface area contributed by atoms with Crippen LogP contribution in [0.5, 0.6) is 5.75 Å². The highest BCUT2D eigenvalue weighted by molar-refractivity contribution is 5.97. The third-order valence-corrected chi connectivity index (χ3v) is 4.06. The number of phenols is 1. The third-order valence-electron chi connectivity index (χ3n) is 4.06. The van der Waals surface area contributed by atoms with Crippen molar-refractivity contribution in [2.24, 2.45) is 0 Å². The summed E-state index contributed by atoms with van der Waals surface area (Å²) in [5.41, 5.74) is 1.16. The highest BCUT2D eigenvalue weighted by Crippen LogP contribution is 2.29. The zero-order valence-corrected chi connectivity index (χ0v) is 11.5. The van der Waals surface area contributed by atoms with Gasteiger partial charge in [-0.1, -0.05) is 18.9 Å². The van der Waals surface area contributed by atoms with E-state index in [9.17, 15) is 15.0 Å². The Morgan fingerprint density at radius 3 is 2.58 bits per heavy atom. The van der Waals surface area contributed by atoms with Gasteiger partial charge in [0.1, 0.15) is 5.75 Å². The van der Waals surface area contributed by atoms with Crippen LogP contribution in [0.4, 0.5) is 0 Å². The molecule has 0 heterocycles. The Balaban J connectivity index is 2.06. The molecule has 3 N–H and O–H groups in total. The van der Waals surface area contributed by atoms with Crippen molar-refractivity contribution in [3.63, 3.8) is 0 Å². The predicted molar refractivity (Wildman–Crippen MR) is 73.3 cm³/mol. The first-order chi connectivity index (χ1) is 8.93. The van der Waals surface area contributed by atoms with Crippen LogP contribution in [0.1, 0.15) is 47.2 Å². The molecule has 1 saturated carbocycles. The van der Waals surface area contributed by atoms with Gasteiger partial charge in [-0.3, -0.25) is 4.79 Å². The summed E-state index contributed by atoms with van der Waals surface area (Å²) < 4.78 is 0. The smallest absolute Gasteiger partial charge is 0.255 e. The molecule has 0 aromatic heterocycles. The molecule has 0 bridgehead atoms. The van der Waals surface area contributed by atoms with Gasteiger partial charge in [0.15, 0.2) is 0 Å². The van der Waals surface area contributed by atoms with Gasteiger partial charge in [-0.2, -0.15) is 0 Å². The fourth-order valence-corrected chi connectivity index (χ4v) is 2.53. The van der Waals surface area contributed by atoms with Crippen LogP contribution in [0.25, 0.3) is 0 Å². The van der Waals surface area contributed by atoms with Crippen LogP contribution >= 0.6 is 0 Å². The second-order valence-electron chi connectivity index (χ2n) is 5.52. The van der Waals surface area contributed by atoms with Gasteiger partial charge in [-0.05, 0) is 43.9 Å². The number of hydrogen-bond donors (Lipinski definition) is 3. The zero-order valence-electron chi connectivity index (χ0n) is 11.5. The van der Waals surface area contributed by atoms with Crippen molar-refractivity contribution in [2.45, 2.75) is 45.1 Å². The first-order valence-corrected chi connectivity index (χ1v) is 6.73. The van der Waals surface area contributed by atoms with Gasteiger partial charge in [0.2, 0.25) is 0 Å². The number of nitrogens with one attached hydrogen (secondary N) is 1. The molecule has 1 aromatic carbocycles. The van der Waals surface area contributed by atoms with Crippen LogP contribution in [-0.2, 0) is 0 Å². The van der Waals surface area contributed by atoms with Crippen molar-refractivity contribution in [1.29, 1.82) is 0 Å². The first kappa shape index (κ1) is 13.9. The maximum absolute atomic E-state index is 12.0. The molecule has 19 heavy (non-hydrogen) atoms. The minimum absolute atomic E-state index is 0.0240. The number of aryl methyl sites for hydroxylation is 1. The molecule has 1 fully saturated rings. The largest absolute Gasteiger partial charge is 0.507 e. The van der Waals surface area contributed by atoms with Crippen LogP contribution in [0.3, 0.4) is 0 Å². The number of benzene rings is 1. The summed E-state index contributed by atoms with van der Waals surface area (Å²) in [5.74, 6) is -0.308. The quantitative estimate of drug-likeness (QED) is 0.781. The second kappa shape index (κ2) is 5.21. The van der Waals surface area contributed by atoms with Crippen LogP contribution in [0.15, 0.2) is 12.1 Å². The van der Waals surface area contributed by atoms with Gasteiger partial charge < -0.3 is 15.5 Å². The summed E-state index contributed by atoms with van der Waals surface area (Å²) in [6, 6.07) is 3.43. The fraction of sp³-hybridized carbons (Fsp3) is 0.533. The first-order valence-electron chi connectivity index (χ1n) is 6.73. The van der Waals surface area contributed by atoms with Gasteiger partial charge in [0.25, 0.3) is 5.91 Å². The van der Waals surface area contributed by atoms with Crippen LogP contribution in [-0.4, -0.2) is 28.3 Å². The van der Waals surface area contributed by atoms with Crippen molar-refractivity contribution in [1.82, 2.24) is 5.32 Å². The Morgan fingerprint density at radius 2 is 1.95 bits per heavy atom. The Labute approximate surface area is 113 Å². The minimum atomic E-state index is -0.773. The number of aromatic hydroxyl groups is 1. The van der Waals surface area contributed by atoms with Crippen molar-refractivity contribution < 1.29 is 15.0 Å². The fourth-order valence-electron chi connectivity index (χ4n) is 2.53. The highest BCUT2D eigenvalue weighted by Gasteiger charge is 2.31. The predicted octanol–water partition coefficient (Wildman–Crippen LogP) is 2.04. The van der Waals surface area contributed by atoms with E-state index in [4.69, 9.17) is 0 Å². The molecule has 104 valence electrons. The molecule has 0 unspecified atom stereocenters. The number of amides is 1. The number of phenolic OH excluding ortho intramolecular Hbond substituents is 1. The molecular formula is C15H21NO3. The molecule has 0 saturated heterocycles.